The van der Waals surface area contributed by atoms with Gasteiger partial charge in [0.25, 0.3) is 0 Å². The van der Waals surface area contributed by atoms with Gasteiger partial charge in [0.05, 0.1) is 0 Å². The predicted molar refractivity (Wildman–Crippen MR) is 66.1 cm³/mol. The summed E-state index contributed by atoms with van der Waals surface area (Å²) in [5.74, 6) is 1.83. The van der Waals surface area contributed by atoms with E-state index in [1.54, 1.807) is 10.9 Å². The predicted octanol–water partition coefficient (Wildman–Crippen LogP) is 4.34. The highest BCUT2D eigenvalue weighted by Gasteiger charge is 2.27. The van der Waals surface area contributed by atoms with Gasteiger partial charge in [0.1, 0.15) is 0 Å². The van der Waals surface area contributed by atoms with Crippen molar-refractivity contribution in [3.8, 4) is 0 Å². The fourth-order valence-corrected chi connectivity index (χ4v) is 3.86. The van der Waals surface area contributed by atoms with Crippen molar-refractivity contribution >= 4 is 8.58 Å². The molecular weight excluding hydrogens is 187 g/mol. The monoisotopic (exact) mass is 208 g/mol. The van der Waals surface area contributed by atoms with Crippen molar-refractivity contribution in [2.24, 2.45) is 11.8 Å². The van der Waals surface area contributed by atoms with Crippen LogP contribution in [-0.4, -0.2) is 6.66 Å². The largest absolute Gasteiger partial charge is 0.0977 e. The van der Waals surface area contributed by atoms with Crippen molar-refractivity contribution in [3.63, 3.8) is 0 Å². The standard InChI is InChI=1S/C13H21P/c1-10-6-5-8-11(10)12-7-3-4-9-13(12)14-2/h3,7,10-11,14H,4-6,8-9H2,1-2H3. The molecule has 14 heavy (non-hydrogen) atoms. The van der Waals surface area contributed by atoms with Crippen LogP contribution >= 0.6 is 8.58 Å². The van der Waals surface area contributed by atoms with Gasteiger partial charge in [0, 0.05) is 0 Å². The zero-order valence-corrected chi connectivity index (χ0v) is 10.3. The van der Waals surface area contributed by atoms with E-state index < -0.39 is 0 Å². The molecule has 0 heterocycles. The fourth-order valence-electron chi connectivity index (χ4n) is 2.91. The zero-order chi connectivity index (χ0) is 9.97. The Hall–Kier alpha value is -0.0900. The second-order valence-corrected chi connectivity index (χ2v) is 5.74. The smallest absolute Gasteiger partial charge is 0.0133 e. The minimum atomic E-state index is 0.897. The van der Waals surface area contributed by atoms with Crippen LogP contribution in [0.2, 0.25) is 0 Å². The molecule has 0 radical (unpaired) electrons. The highest BCUT2D eigenvalue weighted by Crippen LogP contribution is 2.43. The van der Waals surface area contributed by atoms with Crippen LogP contribution in [0.25, 0.3) is 0 Å². The van der Waals surface area contributed by atoms with Gasteiger partial charge in [-0.2, -0.15) is 0 Å². The Labute approximate surface area is 89.6 Å². The molecule has 1 heteroatoms. The molecule has 3 atom stereocenters. The maximum Gasteiger partial charge on any atom is -0.0133 e. The SMILES string of the molecule is CPC1=C(C2CCCC2C)C=CCC1. The van der Waals surface area contributed by atoms with Crippen LogP contribution in [-0.2, 0) is 0 Å². The molecule has 0 aromatic carbocycles. The van der Waals surface area contributed by atoms with Gasteiger partial charge in [-0.15, -0.1) is 0 Å². The third kappa shape index (κ3) is 1.96. The van der Waals surface area contributed by atoms with E-state index in [1.807, 2.05) is 0 Å². The quantitative estimate of drug-likeness (QED) is 0.592. The van der Waals surface area contributed by atoms with Crippen LogP contribution in [0.1, 0.15) is 39.0 Å². The molecule has 2 aliphatic carbocycles. The van der Waals surface area contributed by atoms with Crippen molar-refractivity contribution in [1.29, 1.82) is 0 Å². The number of allylic oxidation sites excluding steroid dienone is 4. The minimum absolute atomic E-state index is 0.897. The number of rotatable bonds is 2. The van der Waals surface area contributed by atoms with E-state index in [4.69, 9.17) is 0 Å². The lowest BCUT2D eigenvalue weighted by molar-refractivity contribution is 0.484. The van der Waals surface area contributed by atoms with E-state index in [0.717, 1.165) is 20.4 Å². The Balaban J connectivity index is 2.21. The second kappa shape index (κ2) is 4.62. The van der Waals surface area contributed by atoms with E-state index in [0.29, 0.717) is 0 Å². The Bertz CT molecular complexity index is 262. The van der Waals surface area contributed by atoms with Gasteiger partial charge in [-0.05, 0) is 48.7 Å². The van der Waals surface area contributed by atoms with E-state index in [1.165, 1.54) is 32.1 Å². The summed E-state index contributed by atoms with van der Waals surface area (Å²) < 4.78 is 0. The summed E-state index contributed by atoms with van der Waals surface area (Å²) in [6.45, 7) is 4.78. The topological polar surface area (TPSA) is 0 Å². The first-order valence-corrected chi connectivity index (χ1v) is 7.40. The van der Waals surface area contributed by atoms with E-state index >= 15 is 0 Å². The summed E-state index contributed by atoms with van der Waals surface area (Å²) >= 11 is 0. The van der Waals surface area contributed by atoms with Crippen molar-refractivity contribution in [1.82, 2.24) is 0 Å². The summed E-state index contributed by atoms with van der Waals surface area (Å²) in [7, 11) is 1.03. The summed E-state index contributed by atoms with van der Waals surface area (Å²) in [5, 5.41) is 1.77. The Morgan fingerprint density at radius 1 is 1.36 bits per heavy atom. The highest BCUT2D eigenvalue weighted by atomic mass is 31.1. The van der Waals surface area contributed by atoms with Gasteiger partial charge in [0.15, 0.2) is 0 Å². The van der Waals surface area contributed by atoms with Crippen molar-refractivity contribution in [2.45, 2.75) is 39.0 Å². The van der Waals surface area contributed by atoms with Crippen molar-refractivity contribution in [2.75, 3.05) is 6.66 Å². The Morgan fingerprint density at radius 3 is 2.86 bits per heavy atom. The first-order chi connectivity index (χ1) is 6.83. The molecule has 0 saturated heterocycles. The first kappa shape index (κ1) is 10.4. The lowest BCUT2D eigenvalue weighted by Gasteiger charge is -2.23. The normalized spacial score (nSPS) is 33.6. The summed E-state index contributed by atoms with van der Waals surface area (Å²) in [6, 6.07) is 0. The maximum atomic E-state index is 2.43. The van der Waals surface area contributed by atoms with E-state index in [-0.39, 0.29) is 0 Å². The van der Waals surface area contributed by atoms with Crippen LogP contribution < -0.4 is 0 Å². The van der Waals surface area contributed by atoms with Gasteiger partial charge >= 0.3 is 0 Å². The molecule has 0 N–H and O–H groups in total. The molecule has 0 spiro atoms. The van der Waals surface area contributed by atoms with Crippen molar-refractivity contribution < 1.29 is 0 Å². The molecule has 2 aliphatic rings. The molecule has 1 fully saturated rings. The molecule has 78 valence electrons. The van der Waals surface area contributed by atoms with E-state index in [9.17, 15) is 0 Å². The fraction of sp³-hybridized carbons (Fsp3) is 0.692. The summed E-state index contributed by atoms with van der Waals surface area (Å²) in [5.41, 5.74) is 1.72. The van der Waals surface area contributed by atoms with Gasteiger partial charge in [-0.1, -0.05) is 40.5 Å². The number of hydrogen-bond donors (Lipinski definition) is 0. The minimum Gasteiger partial charge on any atom is -0.0977 e. The highest BCUT2D eigenvalue weighted by molar-refractivity contribution is 7.42. The van der Waals surface area contributed by atoms with Crippen LogP contribution in [0.15, 0.2) is 23.0 Å². The Morgan fingerprint density at radius 2 is 2.21 bits per heavy atom. The molecule has 0 aliphatic heterocycles. The van der Waals surface area contributed by atoms with Crippen molar-refractivity contribution in [3.05, 3.63) is 23.0 Å². The van der Waals surface area contributed by atoms with Crippen LogP contribution in [0.4, 0.5) is 0 Å². The lowest BCUT2D eigenvalue weighted by atomic mass is 9.87. The molecule has 3 unspecified atom stereocenters. The van der Waals surface area contributed by atoms with Gasteiger partial charge in [-0.25, -0.2) is 0 Å². The van der Waals surface area contributed by atoms with Gasteiger partial charge in [0.2, 0.25) is 0 Å². The third-order valence-electron chi connectivity index (χ3n) is 3.77. The van der Waals surface area contributed by atoms with Gasteiger partial charge in [-0.3, -0.25) is 0 Å². The van der Waals surface area contributed by atoms with E-state index in [2.05, 4.69) is 25.7 Å². The summed E-state index contributed by atoms with van der Waals surface area (Å²) in [4.78, 5) is 0. The average molecular weight is 208 g/mol. The van der Waals surface area contributed by atoms with Crippen LogP contribution in [0, 0.1) is 11.8 Å². The molecular formula is C13H21P. The number of hydrogen-bond acceptors (Lipinski definition) is 0. The Kier molecular flexibility index (Phi) is 3.44. The lowest BCUT2D eigenvalue weighted by Crippen LogP contribution is -2.09. The molecule has 0 bridgehead atoms. The first-order valence-electron chi connectivity index (χ1n) is 5.90. The van der Waals surface area contributed by atoms with Crippen LogP contribution in [0.3, 0.4) is 0 Å². The molecule has 0 aromatic rings. The molecule has 1 saturated carbocycles. The van der Waals surface area contributed by atoms with Crippen LogP contribution in [0.5, 0.6) is 0 Å². The second-order valence-electron chi connectivity index (χ2n) is 4.64. The molecule has 0 amide bonds. The molecule has 0 aromatic heterocycles. The summed E-state index contributed by atoms with van der Waals surface area (Å²) in [6.07, 6.45) is 11.8. The zero-order valence-electron chi connectivity index (χ0n) is 9.34. The third-order valence-corrected chi connectivity index (χ3v) is 4.91. The maximum absolute atomic E-state index is 2.43. The van der Waals surface area contributed by atoms with Gasteiger partial charge < -0.3 is 0 Å². The average Bonchev–Trinajstić information content (AvgIpc) is 2.64. The molecule has 2 rings (SSSR count). The molecule has 0 nitrogen and oxygen atoms in total.